The van der Waals surface area contributed by atoms with Crippen LogP contribution in [0.1, 0.15) is 86.5 Å². The maximum absolute atomic E-state index is 14.2. The number of carbonyl (C=O) groups excluding carboxylic acids is 1. The molecule has 2 atom stereocenters. The molecule has 0 spiro atoms. The highest BCUT2D eigenvalue weighted by atomic mass is 31.2. The lowest BCUT2D eigenvalue weighted by atomic mass is 9.94. The lowest BCUT2D eigenvalue weighted by Crippen LogP contribution is -2.54. The van der Waals surface area contributed by atoms with Crippen LogP contribution in [0.25, 0.3) is 6.08 Å². The zero-order chi connectivity index (χ0) is 27.7. The van der Waals surface area contributed by atoms with Crippen molar-refractivity contribution in [2.75, 3.05) is 19.8 Å². The number of hydroxylamine groups is 2. The molecule has 0 N–H and O–H groups in total. The molecule has 2 unspecified atom stereocenters. The SMILES string of the molecule is C=Cc1ccc(C(COC(=O)OC(C)C)ON(C(C(C)(C)C)P(=O)(OCC)OCC)C(C)(C)C)cc1. The molecular formula is C27H46NO7P. The van der Waals surface area contributed by atoms with E-state index in [0.717, 1.165) is 11.1 Å². The first-order valence-electron chi connectivity index (χ1n) is 12.5. The number of hydrogen-bond acceptors (Lipinski definition) is 8. The summed E-state index contributed by atoms with van der Waals surface area (Å²) in [6.45, 7) is 23.0. The third-order valence-electron chi connectivity index (χ3n) is 5.04. The number of hydrogen-bond donors (Lipinski definition) is 0. The van der Waals surface area contributed by atoms with E-state index in [-0.39, 0.29) is 25.9 Å². The smallest absolute Gasteiger partial charge is 0.432 e. The first kappa shape index (κ1) is 32.3. The van der Waals surface area contributed by atoms with Crippen LogP contribution in [-0.4, -0.2) is 48.5 Å². The molecule has 0 saturated heterocycles. The Labute approximate surface area is 217 Å². The minimum atomic E-state index is -3.67. The predicted octanol–water partition coefficient (Wildman–Crippen LogP) is 7.60. The molecular weight excluding hydrogens is 481 g/mol. The van der Waals surface area contributed by atoms with E-state index in [1.54, 1.807) is 38.8 Å². The normalized spacial score (nSPS) is 14.6. The number of carbonyl (C=O) groups is 1. The third-order valence-corrected chi connectivity index (χ3v) is 7.86. The van der Waals surface area contributed by atoms with Crippen LogP contribution in [0, 0.1) is 5.41 Å². The van der Waals surface area contributed by atoms with Crippen LogP contribution in [0.4, 0.5) is 4.79 Å². The molecule has 9 heteroatoms. The first-order chi connectivity index (χ1) is 16.6. The van der Waals surface area contributed by atoms with Crippen molar-refractivity contribution in [2.45, 2.75) is 92.8 Å². The van der Waals surface area contributed by atoms with Gasteiger partial charge in [0.05, 0.1) is 19.3 Å². The van der Waals surface area contributed by atoms with Crippen LogP contribution in [-0.2, 0) is 27.9 Å². The molecule has 0 aliphatic carbocycles. The lowest BCUT2D eigenvalue weighted by Gasteiger charge is -2.48. The second-order valence-electron chi connectivity index (χ2n) is 10.8. The summed E-state index contributed by atoms with van der Waals surface area (Å²) < 4.78 is 36.3. The van der Waals surface area contributed by atoms with E-state index < -0.39 is 36.6 Å². The molecule has 0 saturated carbocycles. The maximum atomic E-state index is 14.2. The molecule has 0 radical (unpaired) electrons. The van der Waals surface area contributed by atoms with Crippen LogP contribution < -0.4 is 0 Å². The zero-order valence-corrected chi connectivity index (χ0v) is 24.6. The number of benzene rings is 1. The minimum absolute atomic E-state index is 0.115. The second-order valence-corrected chi connectivity index (χ2v) is 12.9. The Morgan fingerprint density at radius 2 is 1.56 bits per heavy atom. The van der Waals surface area contributed by atoms with Crippen LogP contribution in [0.5, 0.6) is 0 Å². The highest BCUT2D eigenvalue weighted by molar-refractivity contribution is 7.54. The van der Waals surface area contributed by atoms with Crippen LogP contribution >= 0.6 is 7.60 Å². The van der Waals surface area contributed by atoms with Gasteiger partial charge in [0.25, 0.3) is 0 Å². The van der Waals surface area contributed by atoms with Crippen LogP contribution in [0.15, 0.2) is 30.8 Å². The van der Waals surface area contributed by atoms with Gasteiger partial charge in [0.15, 0.2) is 0 Å². The minimum Gasteiger partial charge on any atom is -0.432 e. The van der Waals surface area contributed by atoms with E-state index in [1.165, 1.54) is 0 Å². The number of rotatable bonds is 13. The molecule has 0 aromatic heterocycles. The van der Waals surface area contributed by atoms with Gasteiger partial charge in [-0.1, -0.05) is 57.7 Å². The molecule has 0 heterocycles. The summed E-state index contributed by atoms with van der Waals surface area (Å²) >= 11 is 0. The molecule has 0 bridgehead atoms. The Morgan fingerprint density at radius 1 is 1.03 bits per heavy atom. The topological polar surface area (TPSA) is 83.5 Å². The zero-order valence-electron chi connectivity index (χ0n) is 23.7. The second kappa shape index (κ2) is 13.7. The van der Waals surface area contributed by atoms with E-state index in [1.807, 2.05) is 65.8 Å². The molecule has 8 nitrogen and oxygen atoms in total. The van der Waals surface area contributed by atoms with Gasteiger partial charge in [-0.15, -0.1) is 0 Å². The molecule has 206 valence electrons. The standard InChI is InChI=1S/C27H46NO7P/c1-12-21-15-17-22(18-16-21)23(19-31-25(29)34-20(4)5)35-28(27(9,10)11)24(26(6,7)8)36(30,32-13-2)33-14-3/h12,15-18,20,23-24H,1,13-14,19H2,2-11H3. The average molecular weight is 528 g/mol. The summed E-state index contributed by atoms with van der Waals surface area (Å²) in [6, 6.07) is 7.57. The van der Waals surface area contributed by atoms with Gasteiger partial charge in [-0.05, 0) is 65.0 Å². The van der Waals surface area contributed by atoms with Gasteiger partial charge in [-0.25, -0.2) is 4.79 Å². The van der Waals surface area contributed by atoms with Gasteiger partial charge in [0, 0.05) is 5.54 Å². The van der Waals surface area contributed by atoms with Crippen molar-refractivity contribution in [1.29, 1.82) is 0 Å². The summed E-state index contributed by atoms with van der Waals surface area (Å²) in [6.07, 6.45) is -0.0776. The largest absolute Gasteiger partial charge is 0.508 e. The van der Waals surface area contributed by atoms with Gasteiger partial charge in [0.2, 0.25) is 0 Å². The van der Waals surface area contributed by atoms with Gasteiger partial charge in [-0.3, -0.25) is 9.40 Å². The summed E-state index contributed by atoms with van der Waals surface area (Å²) in [7, 11) is -3.67. The first-order valence-corrected chi connectivity index (χ1v) is 14.1. The van der Waals surface area contributed by atoms with E-state index in [2.05, 4.69) is 6.58 Å². The van der Waals surface area contributed by atoms with Crippen molar-refractivity contribution in [2.24, 2.45) is 5.41 Å². The summed E-state index contributed by atoms with van der Waals surface area (Å²) in [5.41, 5.74) is 0.513. The summed E-state index contributed by atoms with van der Waals surface area (Å²) in [5.74, 6) is -0.762. The monoisotopic (exact) mass is 527 g/mol. The molecule has 0 aliphatic rings. The van der Waals surface area contributed by atoms with Gasteiger partial charge in [0.1, 0.15) is 18.5 Å². The Bertz CT molecular complexity index is 862. The molecule has 1 aromatic carbocycles. The lowest BCUT2D eigenvalue weighted by molar-refractivity contribution is -0.274. The fourth-order valence-corrected chi connectivity index (χ4v) is 6.30. The molecule has 1 aromatic rings. The van der Waals surface area contributed by atoms with Crippen molar-refractivity contribution in [3.8, 4) is 0 Å². The highest BCUT2D eigenvalue weighted by Crippen LogP contribution is 2.61. The van der Waals surface area contributed by atoms with E-state index in [9.17, 15) is 9.36 Å². The van der Waals surface area contributed by atoms with Gasteiger partial charge in [-0.2, -0.15) is 5.06 Å². The average Bonchev–Trinajstić information content (AvgIpc) is 2.74. The molecule has 1 rings (SSSR count). The Hall–Kier alpha value is -1.70. The van der Waals surface area contributed by atoms with Crippen molar-refractivity contribution < 1.29 is 32.7 Å². The van der Waals surface area contributed by atoms with Crippen molar-refractivity contribution in [3.05, 3.63) is 42.0 Å². The Kier molecular flexibility index (Phi) is 12.3. The fourth-order valence-electron chi connectivity index (χ4n) is 3.62. The van der Waals surface area contributed by atoms with Crippen molar-refractivity contribution in [1.82, 2.24) is 5.06 Å². The number of ether oxygens (including phenoxy) is 2. The highest BCUT2D eigenvalue weighted by Gasteiger charge is 2.52. The van der Waals surface area contributed by atoms with Gasteiger partial charge < -0.3 is 18.5 Å². The Morgan fingerprint density at radius 3 is 1.94 bits per heavy atom. The number of nitrogens with zero attached hydrogens (tertiary/aromatic N) is 1. The maximum Gasteiger partial charge on any atom is 0.508 e. The summed E-state index contributed by atoms with van der Waals surface area (Å²) in [5, 5.41) is 1.68. The quantitative estimate of drug-likeness (QED) is 0.147. The van der Waals surface area contributed by atoms with Gasteiger partial charge >= 0.3 is 13.8 Å². The molecule has 0 fully saturated rings. The van der Waals surface area contributed by atoms with E-state index in [4.69, 9.17) is 23.4 Å². The van der Waals surface area contributed by atoms with E-state index in [0.29, 0.717) is 0 Å². The Balaban J connectivity index is 3.55. The molecule has 36 heavy (non-hydrogen) atoms. The fraction of sp³-hybridized carbons (Fsp3) is 0.667. The predicted molar refractivity (Wildman–Crippen MR) is 144 cm³/mol. The van der Waals surface area contributed by atoms with Crippen LogP contribution in [0.2, 0.25) is 0 Å². The summed E-state index contributed by atoms with van der Waals surface area (Å²) in [4.78, 5) is 18.8. The van der Waals surface area contributed by atoms with Crippen LogP contribution in [0.3, 0.4) is 0 Å². The van der Waals surface area contributed by atoms with Crippen molar-refractivity contribution in [3.63, 3.8) is 0 Å². The molecule has 0 amide bonds. The third kappa shape index (κ3) is 9.64. The molecule has 0 aliphatic heterocycles. The van der Waals surface area contributed by atoms with E-state index >= 15 is 0 Å². The van der Waals surface area contributed by atoms with Crippen molar-refractivity contribution >= 4 is 19.8 Å².